The molecule has 1 unspecified atom stereocenters. The van der Waals surface area contributed by atoms with Crippen LogP contribution in [0, 0.1) is 12.8 Å². The predicted octanol–water partition coefficient (Wildman–Crippen LogP) is 6.34. The number of carbonyl (C=O) groups is 1. The Morgan fingerprint density at radius 3 is 2.43 bits per heavy atom. The van der Waals surface area contributed by atoms with Crippen molar-refractivity contribution in [3.63, 3.8) is 0 Å². The molecule has 28 heavy (non-hydrogen) atoms. The molecule has 0 N–H and O–H groups in total. The molecule has 0 radical (unpaired) electrons. The minimum Gasteiger partial charge on any atom is -0.494 e. The van der Waals surface area contributed by atoms with E-state index in [9.17, 15) is 4.79 Å². The van der Waals surface area contributed by atoms with Crippen molar-refractivity contribution in [3.05, 3.63) is 46.2 Å². The number of ether oxygens (including phenoxy) is 2. The SMILES string of the molecule is CCC(C)C(=O)OCCCCCCOc1ccc(N=Cc2ccc(C)s2)cc1. The van der Waals surface area contributed by atoms with Gasteiger partial charge in [0.2, 0.25) is 0 Å². The van der Waals surface area contributed by atoms with E-state index in [-0.39, 0.29) is 11.9 Å². The van der Waals surface area contributed by atoms with Crippen LogP contribution < -0.4 is 4.74 Å². The van der Waals surface area contributed by atoms with Crippen molar-refractivity contribution in [2.75, 3.05) is 13.2 Å². The molecule has 0 aliphatic heterocycles. The largest absolute Gasteiger partial charge is 0.494 e. The summed E-state index contributed by atoms with van der Waals surface area (Å²) < 4.78 is 11.0. The molecule has 2 aromatic rings. The Kier molecular flexibility index (Phi) is 9.77. The number of unbranched alkanes of at least 4 members (excludes halogenated alkanes) is 3. The third kappa shape index (κ3) is 8.26. The van der Waals surface area contributed by atoms with Crippen LogP contribution in [0.5, 0.6) is 5.75 Å². The number of aliphatic imine (C=N–C) groups is 1. The predicted molar refractivity (Wildman–Crippen MR) is 117 cm³/mol. The lowest BCUT2D eigenvalue weighted by atomic mass is 10.1. The number of rotatable bonds is 12. The standard InChI is InChI=1S/C23H31NO3S/c1-4-18(2)23(25)27-16-8-6-5-7-15-26-21-12-10-20(11-13-21)24-17-22-14-9-19(3)28-22/h9-14,17-18H,4-8,15-16H2,1-3H3. The average molecular weight is 402 g/mol. The zero-order chi connectivity index (χ0) is 20.2. The first-order valence-corrected chi connectivity index (χ1v) is 10.9. The van der Waals surface area contributed by atoms with Crippen LogP contribution in [-0.4, -0.2) is 25.4 Å². The lowest BCUT2D eigenvalue weighted by Gasteiger charge is -2.09. The van der Waals surface area contributed by atoms with E-state index in [0.29, 0.717) is 13.2 Å². The van der Waals surface area contributed by atoms with E-state index in [1.165, 1.54) is 4.88 Å². The summed E-state index contributed by atoms with van der Waals surface area (Å²) in [5, 5.41) is 0. The molecule has 0 aliphatic carbocycles. The summed E-state index contributed by atoms with van der Waals surface area (Å²) in [4.78, 5) is 18.5. The minimum absolute atomic E-state index is 0.00497. The van der Waals surface area contributed by atoms with Gasteiger partial charge in [0.1, 0.15) is 5.75 Å². The summed E-state index contributed by atoms with van der Waals surface area (Å²) in [5.41, 5.74) is 0.922. The minimum atomic E-state index is -0.0795. The van der Waals surface area contributed by atoms with Crippen LogP contribution >= 0.6 is 11.3 Å². The number of hydrogen-bond donors (Lipinski definition) is 0. The van der Waals surface area contributed by atoms with E-state index in [4.69, 9.17) is 9.47 Å². The van der Waals surface area contributed by atoms with Gasteiger partial charge in [-0.05, 0) is 75.4 Å². The molecule has 152 valence electrons. The molecule has 1 aromatic heterocycles. The van der Waals surface area contributed by atoms with Crippen LogP contribution in [0.15, 0.2) is 41.4 Å². The molecule has 0 bridgehead atoms. The number of esters is 1. The second-order valence-corrected chi connectivity index (χ2v) is 8.26. The normalized spacial score (nSPS) is 12.2. The van der Waals surface area contributed by atoms with Gasteiger partial charge in [-0.1, -0.05) is 13.8 Å². The molecule has 0 fully saturated rings. The Hall–Kier alpha value is -2.14. The summed E-state index contributed by atoms with van der Waals surface area (Å²) >= 11 is 1.74. The monoisotopic (exact) mass is 401 g/mol. The van der Waals surface area contributed by atoms with Gasteiger partial charge in [0.25, 0.3) is 0 Å². The fourth-order valence-corrected chi connectivity index (χ4v) is 3.27. The summed E-state index contributed by atoms with van der Waals surface area (Å²) in [5.74, 6) is 0.794. The molecule has 0 spiro atoms. The summed E-state index contributed by atoms with van der Waals surface area (Å²) in [7, 11) is 0. The first-order chi connectivity index (χ1) is 13.6. The molecule has 1 aromatic carbocycles. The number of benzene rings is 1. The summed E-state index contributed by atoms with van der Waals surface area (Å²) in [6, 6.07) is 12.0. The van der Waals surface area contributed by atoms with Crippen LogP contribution in [-0.2, 0) is 9.53 Å². The van der Waals surface area contributed by atoms with Gasteiger partial charge in [0.15, 0.2) is 0 Å². The topological polar surface area (TPSA) is 47.9 Å². The maximum Gasteiger partial charge on any atom is 0.308 e. The Morgan fingerprint density at radius 1 is 1.07 bits per heavy atom. The van der Waals surface area contributed by atoms with Crippen molar-refractivity contribution in [1.29, 1.82) is 0 Å². The maximum atomic E-state index is 11.6. The van der Waals surface area contributed by atoms with Crippen molar-refractivity contribution in [2.45, 2.75) is 52.9 Å². The molecule has 4 nitrogen and oxygen atoms in total. The van der Waals surface area contributed by atoms with Gasteiger partial charge in [-0.2, -0.15) is 0 Å². The Morgan fingerprint density at radius 2 is 1.79 bits per heavy atom. The highest BCUT2D eigenvalue weighted by Crippen LogP contribution is 2.20. The van der Waals surface area contributed by atoms with Crippen LogP contribution in [0.2, 0.25) is 0 Å². The summed E-state index contributed by atoms with van der Waals surface area (Å²) in [6.45, 7) is 7.22. The van der Waals surface area contributed by atoms with E-state index < -0.39 is 0 Å². The number of thiophene rings is 1. The molecule has 1 heterocycles. The smallest absolute Gasteiger partial charge is 0.308 e. The van der Waals surface area contributed by atoms with E-state index in [2.05, 4.69) is 24.0 Å². The molecule has 0 saturated carbocycles. The first-order valence-electron chi connectivity index (χ1n) is 10.1. The Labute approximate surface area is 172 Å². The van der Waals surface area contributed by atoms with Crippen molar-refractivity contribution in [2.24, 2.45) is 10.9 Å². The van der Waals surface area contributed by atoms with Gasteiger partial charge in [-0.25, -0.2) is 0 Å². The van der Waals surface area contributed by atoms with Crippen LogP contribution in [0.25, 0.3) is 0 Å². The van der Waals surface area contributed by atoms with Gasteiger partial charge in [-0.15, -0.1) is 11.3 Å². The highest BCUT2D eigenvalue weighted by Gasteiger charge is 2.10. The quantitative estimate of drug-likeness (QED) is 0.237. The summed E-state index contributed by atoms with van der Waals surface area (Å²) in [6.07, 6.45) is 6.76. The number of aryl methyl sites for hydroxylation is 1. The van der Waals surface area contributed by atoms with Crippen molar-refractivity contribution in [1.82, 2.24) is 0 Å². The second kappa shape index (κ2) is 12.3. The highest BCUT2D eigenvalue weighted by molar-refractivity contribution is 7.13. The molecule has 5 heteroatoms. The van der Waals surface area contributed by atoms with Crippen LogP contribution in [0.3, 0.4) is 0 Å². The van der Waals surface area contributed by atoms with E-state index >= 15 is 0 Å². The van der Waals surface area contributed by atoms with E-state index in [1.807, 2.05) is 44.3 Å². The third-order valence-corrected chi connectivity index (χ3v) is 5.44. The number of carbonyl (C=O) groups excluding carboxylic acids is 1. The Balaban J connectivity index is 1.56. The third-order valence-electron chi connectivity index (χ3n) is 4.51. The fourth-order valence-electron chi connectivity index (χ4n) is 2.52. The van der Waals surface area contributed by atoms with Crippen molar-refractivity contribution in [3.8, 4) is 5.75 Å². The van der Waals surface area contributed by atoms with Crippen molar-refractivity contribution >= 4 is 29.2 Å². The highest BCUT2D eigenvalue weighted by atomic mass is 32.1. The van der Waals surface area contributed by atoms with Crippen LogP contribution in [0.4, 0.5) is 5.69 Å². The average Bonchev–Trinajstić information content (AvgIpc) is 3.13. The zero-order valence-corrected chi connectivity index (χ0v) is 18.0. The van der Waals surface area contributed by atoms with Gasteiger partial charge < -0.3 is 9.47 Å². The van der Waals surface area contributed by atoms with Gasteiger partial charge >= 0.3 is 5.97 Å². The molecule has 2 rings (SSSR count). The number of nitrogens with zero attached hydrogens (tertiary/aromatic N) is 1. The van der Waals surface area contributed by atoms with Crippen LogP contribution in [0.1, 0.15) is 55.7 Å². The van der Waals surface area contributed by atoms with Gasteiger partial charge in [0, 0.05) is 16.0 Å². The molecule has 1 atom stereocenters. The fraction of sp³-hybridized carbons (Fsp3) is 0.478. The van der Waals surface area contributed by atoms with Crippen molar-refractivity contribution < 1.29 is 14.3 Å². The number of hydrogen-bond acceptors (Lipinski definition) is 5. The lowest BCUT2D eigenvalue weighted by Crippen LogP contribution is -2.14. The van der Waals surface area contributed by atoms with Gasteiger partial charge in [-0.3, -0.25) is 9.79 Å². The molecule has 0 aliphatic rings. The zero-order valence-electron chi connectivity index (χ0n) is 17.1. The lowest BCUT2D eigenvalue weighted by molar-refractivity contribution is -0.148. The van der Waals surface area contributed by atoms with E-state index in [1.54, 1.807) is 11.3 Å². The maximum absolute atomic E-state index is 11.6. The molecular formula is C23H31NO3S. The molecular weight excluding hydrogens is 370 g/mol. The Bertz CT molecular complexity index is 737. The first kappa shape index (κ1) is 22.2. The second-order valence-electron chi connectivity index (χ2n) is 6.94. The van der Waals surface area contributed by atoms with Gasteiger partial charge in [0.05, 0.1) is 24.8 Å². The van der Waals surface area contributed by atoms with E-state index in [0.717, 1.165) is 48.4 Å². The molecule has 0 amide bonds. The molecule has 0 saturated heterocycles.